The molecule has 0 bridgehead atoms. The lowest BCUT2D eigenvalue weighted by Gasteiger charge is -2.26. The summed E-state index contributed by atoms with van der Waals surface area (Å²) in [4.78, 5) is 16.9. The van der Waals surface area contributed by atoms with Crippen LogP contribution in [-0.4, -0.2) is 23.6 Å². The molecule has 29 heavy (non-hydrogen) atoms. The first kappa shape index (κ1) is 21.6. The van der Waals surface area contributed by atoms with Gasteiger partial charge in [-0.25, -0.2) is 0 Å². The third kappa shape index (κ3) is 5.10. The summed E-state index contributed by atoms with van der Waals surface area (Å²) in [5.41, 5.74) is 0.139. The van der Waals surface area contributed by atoms with Gasteiger partial charge >= 0.3 is 6.18 Å². The second-order valence-corrected chi connectivity index (χ2v) is 8.36. The lowest BCUT2D eigenvalue weighted by molar-refractivity contribution is -0.190. The van der Waals surface area contributed by atoms with Crippen LogP contribution in [0.2, 0.25) is 0 Å². The Morgan fingerprint density at radius 1 is 1.38 bits per heavy atom. The smallest absolute Gasteiger partial charge is 0.351 e. The summed E-state index contributed by atoms with van der Waals surface area (Å²) < 4.78 is 40.6. The number of halogens is 4. The van der Waals surface area contributed by atoms with Crippen molar-refractivity contribution in [3.63, 3.8) is 0 Å². The highest BCUT2D eigenvalue weighted by Crippen LogP contribution is 2.62. The maximum atomic E-state index is 13.5. The molecule has 1 atom stereocenters. The zero-order valence-electron chi connectivity index (χ0n) is 16.1. The molecule has 2 fully saturated rings. The molecule has 7 heteroatoms. The van der Waals surface area contributed by atoms with Crippen LogP contribution in [-0.2, 0) is 4.79 Å². The lowest BCUT2D eigenvalue weighted by Crippen LogP contribution is -2.33. The number of aromatic nitrogens is 1. The van der Waals surface area contributed by atoms with Crippen molar-refractivity contribution in [2.24, 2.45) is 5.41 Å². The largest absolute Gasteiger partial charge is 0.394 e. The fourth-order valence-electron chi connectivity index (χ4n) is 3.53. The molecule has 1 amide bonds. The summed E-state index contributed by atoms with van der Waals surface area (Å²) in [6.45, 7) is 7.13. The van der Waals surface area contributed by atoms with E-state index in [0.29, 0.717) is 11.5 Å². The van der Waals surface area contributed by atoms with E-state index in [1.165, 1.54) is 12.2 Å². The maximum Gasteiger partial charge on any atom is 0.394 e. The molecule has 1 aromatic heterocycles. The third-order valence-corrected chi connectivity index (χ3v) is 5.90. The summed E-state index contributed by atoms with van der Waals surface area (Å²) >= 11 is 5.85. The number of nitrogens with zero attached hydrogens (tertiary/aromatic N) is 1. The highest BCUT2D eigenvalue weighted by molar-refractivity contribution is 6.35. The number of hydrogen-bond donors (Lipinski definition) is 1. The van der Waals surface area contributed by atoms with Crippen molar-refractivity contribution < 1.29 is 18.0 Å². The maximum absolute atomic E-state index is 13.5. The molecule has 0 aliphatic heterocycles. The normalized spacial score (nSPS) is 19.4. The fraction of sp³-hybridized carbons (Fsp3) is 0.455. The van der Waals surface area contributed by atoms with Crippen LogP contribution in [0, 0.1) is 5.41 Å². The van der Waals surface area contributed by atoms with Gasteiger partial charge in [-0.15, -0.1) is 0 Å². The SMILES string of the molecule is C=C/C=C(\C(=C)Cl)C(=O)NCC(CC1(C(F)(F)F)CC1)c1ccc(C2CC2)nc1. The van der Waals surface area contributed by atoms with Crippen molar-refractivity contribution in [1.29, 1.82) is 0 Å². The van der Waals surface area contributed by atoms with Crippen LogP contribution in [0.25, 0.3) is 0 Å². The summed E-state index contributed by atoms with van der Waals surface area (Å²) in [6.07, 6.45) is 2.58. The average molecular weight is 425 g/mol. The third-order valence-electron chi connectivity index (χ3n) is 5.70. The van der Waals surface area contributed by atoms with E-state index in [-0.39, 0.29) is 36.4 Å². The molecule has 3 rings (SSSR count). The van der Waals surface area contributed by atoms with E-state index >= 15 is 0 Å². The Bertz CT molecular complexity index is 821. The quantitative estimate of drug-likeness (QED) is 0.404. The minimum atomic E-state index is -4.25. The van der Waals surface area contributed by atoms with Crippen molar-refractivity contribution in [1.82, 2.24) is 10.3 Å². The van der Waals surface area contributed by atoms with Gasteiger partial charge in [0.2, 0.25) is 0 Å². The molecule has 0 saturated heterocycles. The standard InChI is InChI=1S/C22H24ClF3N2O/c1-3-4-18(14(2)23)20(29)28-13-17(11-21(9-10-21)22(24,25)26)16-7-8-19(27-12-16)15-5-6-15/h3-4,7-8,12,15,17H,1-2,5-6,9-11,13H2,(H,28,29)/b18-4+. The Hall–Kier alpha value is -2.08. The minimum absolute atomic E-state index is 0.0448. The first-order valence-corrected chi connectivity index (χ1v) is 10.0. The van der Waals surface area contributed by atoms with Gasteiger partial charge in [0.25, 0.3) is 5.91 Å². The summed E-state index contributed by atoms with van der Waals surface area (Å²) in [5.74, 6) is -0.528. The van der Waals surface area contributed by atoms with E-state index < -0.39 is 23.4 Å². The molecule has 1 heterocycles. The number of nitrogens with one attached hydrogen (secondary N) is 1. The molecule has 3 nitrogen and oxygen atoms in total. The Labute approximate surface area is 173 Å². The second-order valence-electron chi connectivity index (χ2n) is 7.90. The van der Waals surface area contributed by atoms with Crippen molar-refractivity contribution in [2.45, 2.75) is 50.1 Å². The molecular weight excluding hydrogens is 401 g/mol. The molecule has 156 valence electrons. The number of amides is 1. The molecular formula is C22H24ClF3N2O. The molecule has 1 N–H and O–H groups in total. The Morgan fingerprint density at radius 3 is 2.52 bits per heavy atom. The summed E-state index contributed by atoms with van der Waals surface area (Å²) in [6, 6.07) is 3.73. The van der Waals surface area contributed by atoms with E-state index in [1.54, 1.807) is 6.20 Å². The molecule has 2 saturated carbocycles. The van der Waals surface area contributed by atoms with E-state index in [9.17, 15) is 18.0 Å². The highest BCUT2D eigenvalue weighted by atomic mass is 35.5. The topological polar surface area (TPSA) is 42.0 Å². The Balaban J connectivity index is 1.77. The number of rotatable bonds is 9. The van der Waals surface area contributed by atoms with Crippen LogP contribution in [0.15, 0.2) is 54.2 Å². The van der Waals surface area contributed by atoms with Crippen LogP contribution in [0.3, 0.4) is 0 Å². The molecule has 1 aromatic rings. The van der Waals surface area contributed by atoms with Gasteiger partial charge in [-0.1, -0.05) is 36.9 Å². The minimum Gasteiger partial charge on any atom is -0.351 e. The first-order valence-electron chi connectivity index (χ1n) is 9.65. The number of carbonyl (C=O) groups excluding carboxylic acids is 1. The van der Waals surface area contributed by atoms with Gasteiger partial charge in [0.1, 0.15) is 0 Å². The predicted molar refractivity (Wildman–Crippen MR) is 108 cm³/mol. The Morgan fingerprint density at radius 2 is 2.07 bits per heavy atom. The molecule has 2 aliphatic rings. The van der Waals surface area contributed by atoms with Gasteiger partial charge in [0, 0.05) is 35.3 Å². The van der Waals surface area contributed by atoms with Crippen LogP contribution >= 0.6 is 11.6 Å². The van der Waals surface area contributed by atoms with Gasteiger partial charge in [0.05, 0.1) is 11.0 Å². The number of hydrogen-bond acceptors (Lipinski definition) is 2. The highest BCUT2D eigenvalue weighted by Gasteiger charge is 2.63. The molecule has 0 spiro atoms. The zero-order valence-corrected chi connectivity index (χ0v) is 16.8. The average Bonchev–Trinajstić information content (AvgIpc) is 3.56. The molecule has 0 radical (unpaired) electrons. The predicted octanol–water partition coefficient (Wildman–Crippen LogP) is 5.76. The van der Waals surface area contributed by atoms with E-state index in [4.69, 9.17) is 11.6 Å². The number of allylic oxidation sites excluding steroid dienone is 2. The fourth-order valence-corrected chi connectivity index (χ4v) is 3.68. The Kier molecular flexibility index (Phi) is 6.22. The van der Waals surface area contributed by atoms with Crippen LogP contribution < -0.4 is 5.32 Å². The van der Waals surface area contributed by atoms with Crippen molar-refractivity contribution in [2.75, 3.05) is 6.54 Å². The van der Waals surface area contributed by atoms with E-state index in [1.807, 2.05) is 12.1 Å². The van der Waals surface area contributed by atoms with Gasteiger partial charge in [-0.2, -0.15) is 13.2 Å². The van der Waals surface area contributed by atoms with Crippen molar-refractivity contribution in [3.8, 4) is 0 Å². The van der Waals surface area contributed by atoms with Gasteiger partial charge in [0.15, 0.2) is 0 Å². The van der Waals surface area contributed by atoms with Crippen LogP contribution in [0.4, 0.5) is 13.2 Å². The van der Waals surface area contributed by atoms with Gasteiger partial charge in [-0.3, -0.25) is 9.78 Å². The lowest BCUT2D eigenvalue weighted by atomic mass is 9.86. The number of pyridine rings is 1. The van der Waals surface area contributed by atoms with Gasteiger partial charge < -0.3 is 5.32 Å². The molecule has 0 aromatic carbocycles. The monoisotopic (exact) mass is 424 g/mol. The zero-order chi connectivity index (χ0) is 21.2. The number of alkyl halides is 3. The van der Waals surface area contributed by atoms with Gasteiger partial charge in [-0.05, 0) is 49.8 Å². The van der Waals surface area contributed by atoms with Crippen LogP contribution in [0.1, 0.15) is 55.2 Å². The van der Waals surface area contributed by atoms with E-state index in [0.717, 1.165) is 18.5 Å². The second kappa shape index (κ2) is 8.34. The molecule has 1 unspecified atom stereocenters. The number of carbonyl (C=O) groups is 1. The van der Waals surface area contributed by atoms with E-state index in [2.05, 4.69) is 23.5 Å². The van der Waals surface area contributed by atoms with Crippen LogP contribution in [0.5, 0.6) is 0 Å². The summed E-state index contributed by atoms with van der Waals surface area (Å²) in [5, 5.41) is 2.75. The van der Waals surface area contributed by atoms with Crippen molar-refractivity contribution >= 4 is 17.5 Å². The molecule has 2 aliphatic carbocycles. The van der Waals surface area contributed by atoms with Crippen molar-refractivity contribution in [3.05, 3.63) is 65.5 Å². The first-order chi connectivity index (χ1) is 13.7. The summed E-state index contributed by atoms with van der Waals surface area (Å²) in [7, 11) is 0.